The van der Waals surface area contributed by atoms with Gasteiger partial charge in [0.2, 0.25) is 0 Å². The molecule has 1 aliphatic rings. The Bertz CT molecular complexity index is 1070. The minimum absolute atomic E-state index is 0.324. The molecule has 1 unspecified atom stereocenters. The quantitative estimate of drug-likeness (QED) is 0.608. The van der Waals surface area contributed by atoms with Crippen LogP contribution in [-0.2, 0) is 20.8 Å². The predicted octanol–water partition coefficient (Wildman–Crippen LogP) is 2.47. The monoisotopic (exact) mass is 423 g/mol. The second-order valence-corrected chi connectivity index (χ2v) is 7.29. The van der Waals surface area contributed by atoms with Gasteiger partial charge >= 0.3 is 5.97 Å². The van der Waals surface area contributed by atoms with Crippen LogP contribution in [-0.4, -0.2) is 59.3 Å². The van der Waals surface area contributed by atoms with Gasteiger partial charge in [0.25, 0.3) is 5.91 Å². The Morgan fingerprint density at radius 2 is 1.90 bits per heavy atom. The maximum atomic E-state index is 12.5. The highest BCUT2D eigenvalue weighted by atomic mass is 16.5. The number of ether oxygens (including phenoxy) is 2. The molecular weight excluding hydrogens is 398 g/mol. The van der Waals surface area contributed by atoms with E-state index in [1.165, 1.54) is 0 Å². The number of carbonyl (C=O) groups excluding carboxylic acids is 2. The first-order chi connectivity index (χ1) is 15.0. The highest BCUT2D eigenvalue weighted by Gasteiger charge is 2.20. The van der Waals surface area contributed by atoms with Gasteiger partial charge in [0.05, 0.1) is 24.3 Å². The smallest absolute Gasteiger partial charge is 0.338 e. The van der Waals surface area contributed by atoms with Gasteiger partial charge in [-0.25, -0.2) is 9.48 Å². The normalized spacial score (nSPS) is 15.0. The lowest BCUT2D eigenvalue weighted by Crippen LogP contribution is -2.36. The van der Waals surface area contributed by atoms with Crippen molar-refractivity contribution in [3.8, 4) is 0 Å². The molecule has 1 amide bonds. The highest BCUT2D eigenvalue weighted by molar-refractivity contribution is 5.98. The Balaban J connectivity index is 1.35. The number of hydrogen-bond acceptors (Lipinski definition) is 7. The van der Waals surface area contributed by atoms with Gasteiger partial charge in [0.15, 0.2) is 6.10 Å². The van der Waals surface area contributed by atoms with Crippen LogP contribution in [0.2, 0.25) is 0 Å². The summed E-state index contributed by atoms with van der Waals surface area (Å²) in [6, 6.07) is 12.6. The summed E-state index contributed by atoms with van der Waals surface area (Å²) < 4.78 is 12.5. The van der Waals surface area contributed by atoms with Crippen molar-refractivity contribution in [1.82, 2.24) is 15.0 Å². The number of amides is 1. The predicted molar refractivity (Wildman–Crippen MR) is 116 cm³/mol. The minimum atomic E-state index is -0.951. The first kappa shape index (κ1) is 20.8. The number of anilines is 2. The fraction of sp³-hybridized carbons (Fsp3) is 0.364. The van der Waals surface area contributed by atoms with Gasteiger partial charge in [0.1, 0.15) is 5.52 Å². The van der Waals surface area contributed by atoms with Gasteiger partial charge in [-0.1, -0.05) is 5.21 Å². The maximum absolute atomic E-state index is 12.5. The van der Waals surface area contributed by atoms with Crippen molar-refractivity contribution in [2.75, 3.05) is 36.5 Å². The Kier molecular flexibility index (Phi) is 6.13. The van der Waals surface area contributed by atoms with Crippen LogP contribution in [0.1, 0.15) is 24.2 Å². The Hall–Kier alpha value is -3.46. The van der Waals surface area contributed by atoms with Crippen molar-refractivity contribution in [2.24, 2.45) is 0 Å². The number of nitrogens with zero attached hydrogens (tertiary/aromatic N) is 4. The number of aromatic nitrogens is 3. The van der Waals surface area contributed by atoms with E-state index in [2.05, 4.69) is 20.5 Å². The summed E-state index contributed by atoms with van der Waals surface area (Å²) in [6.45, 7) is 7.31. The van der Waals surface area contributed by atoms with Gasteiger partial charge in [-0.3, -0.25) is 4.79 Å². The molecule has 0 bridgehead atoms. The van der Waals surface area contributed by atoms with Crippen LogP contribution in [0.4, 0.5) is 11.4 Å². The molecule has 1 fully saturated rings. The first-order valence-corrected chi connectivity index (χ1v) is 10.3. The Labute approximate surface area is 179 Å². The number of esters is 1. The van der Waals surface area contributed by atoms with Crippen LogP contribution in [0, 0.1) is 0 Å². The van der Waals surface area contributed by atoms with Gasteiger partial charge < -0.3 is 19.7 Å². The number of nitrogens with one attached hydrogen (secondary N) is 1. The van der Waals surface area contributed by atoms with Crippen molar-refractivity contribution < 1.29 is 19.1 Å². The number of carbonyl (C=O) groups is 2. The summed E-state index contributed by atoms with van der Waals surface area (Å²) in [6.07, 6.45) is -0.951. The minimum Gasteiger partial charge on any atom is -0.449 e. The molecule has 2 aromatic carbocycles. The van der Waals surface area contributed by atoms with Gasteiger partial charge in [-0.2, -0.15) is 0 Å². The van der Waals surface area contributed by atoms with Gasteiger partial charge in [0, 0.05) is 31.0 Å². The SMILES string of the molecule is CCn1nnc2cc(C(=O)OC(C)C(=O)Nc3ccc(N4CCOCC4)cc3)ccc21. The van der Waals surface area contributed by atoms with E-state index in [1.807, 2.05) is 31.2 Å². The van der Waals surface area contributed by atoms with Crippen LogP contribution in [0.5, 0.6) is 0 Å². The molecule has 31 heavy (non-hydrogen) atoms. The van der Waals surface area contributed by atoms with Crippen LogP contribution >= 0.6 is 0 Å². The number of aryl methyl sites for hydroxylation is 1. The van der Waals surface area contributed by atoms with Crippen LogP contribution < -0.4 is 10.2 Å². The van der Waals surface area contributed by atoms with Crippen LogP contribution in [0.25, 0.3) is 11.0 Å². The summed E-state index contributed by atoms with van der Waals surface area (Å²) in [4.78, 5) is 27.2. The van der Waals surface area contributed by atoms with E-state index in [0.29, 0.717) is 36.5 Å². The fourth-order valence-electron chi connectivity index (χ4n) is 3.44. The molecule has 162 valence electrons. The van der Waals surface area contributed by atoms with Crippen molar-refractivity contribution in [3.05, 3.63) is 48.0 Å². The number of benzene rings is 2. The lowest BCUT2D eigenvalue weighted by atomic mass is 10.2. The molecular formula is C22H25N5O4. The van der Waals surface area contributed by atoms with Gasteiger partial charge in [-0.05, 0) is 56.3 Å². The second kappa shape index (κ2) is 9.13. The molecule has 2 heterocycles. The molecule has 0 aliphatic carbocycles. The third-order valence-corrected chi connectivity index (χ3v) is 5.21. The average Bonchev–Trinajstić information content (AvgIpc) is 3.22. The summed E-state index contributed by atoms with van der Waals surface area (Å²) in [5, 5.41) is 10.9. The molecule has 1 aromatic heterocycles. The highest BCUT2D eigenvalue weighted by Crippen LogP contribution is 2.20. The van der Waals surface area contributed by atoms with Crippen molar-refractivity contribution in [1.29, 1.82) is 0 Å². The number of fused-ring (bicyclic) bond motifs is 1. The van der Waals surface area contributed by atoms with Crippen LogP contribution in [0.15, 0.2) is 42.5 Å². The van der Waals surface area contributed by atoms with Crippen molar-refractivity contribution in [3.63, 3.8) is 0 Å². The first-order valence-electron chi connectivity index (χ1n) is 10.3. The molecule has 9 nitrogen and oxygen atoms in total. The molecule has 1 saturated heterocycles. The lowest BCUT2D eigenvalue weighted by Gasteiger charge is -2.28. The van der Waals surface area contributed by atoms with E-state index < -0.39 is 18.0 Å². The molecule has 1 atom stereocenters. The maximum Gasteiger partial charge on any atom is 0.338 e. The molecule has 4 rings (SSSR count). The fourth-order valence-corrected chi connectivity index (χ4v) is 3.44. The molecule has 0 saturated carbocycles. The molecule has 3 aromatic rings. The Morgan fingerprint density at radius 3 is 2.61 bits per heavy atom. The van der Waals surface area contributed by atoms with E-state index in [-0.39, 0.29) is 0 Å². The summed E-state index contributed by atoms with van der Waals surface area (Å²) in [5.41, 5.74) is 3.49. The summed E-state index contributed by atoms with van der Waals surface area (Å²) in [7, 11) is 0. The average molecular weight is 423 g/mol. The van der Waals surface area contributed by atoms with E-state index in [4.69, 9.17) is 9.47 Å². The Morgan fingerprint density at radius 1 is 1.16 bits per heavy atom. The van der Waals surface area contributed by atoms with E-state index in [9.17, 15) is 9.59 Å². The van der Waals surface area contributed by atoms with Crippen molar-refractivity contribution >= 4 is 34.3 Å². The zero-order valence-corrected chi connectivity index (χ0v) is 17.6. The third-order valence-electron chi connectivity index (χ3n) is 5.21. The van der Waals surface area contributed by atoms with E-state index >= 15 is 0 Å². The molecule has 0 radical (unpaired) electrons. The van der Waals surface area contributed by atoms with Crippen LogP contribution in [0.3, 0.4) is 0 Å². The van der Waals surface area contributed by atoms with Crippen molar-refractivity contribution in [2.45, 2.75) is 26.5 Å². The summed E-state index contributed by atoms with van der Waals surface area (Å²) >= 11 is 0. The zero-order valence-electron chi connectivity index (χ0n) is 17.6. The summed E-state index contributed by atoms with van der Waals surface area (Å²) in [5.74, 6) is -0.983. The molecule has 0 spiro atoms. The molecule has 1 N–H and O–H groups in total. The largest absolute Gasteiger partial charge is 0.449 e. The standard InChI is InChI=1S/C22H25N5O4/c1-3-27-20-9-4-16(14-19(20)24-25-27)22(29)31-15(2)21(28)23-17-5-7-18(8-6-17)26-10-12-30-13-11-26/h4-9,14-15H,3,10-13H2,1-2H3,(H,23,28). The van der Waals surface area contributed by atoms with E-state index in [1.54, 1.807) is 29.8 Å². The lowest BCUT2D eigenvalue weighted by molar-refractivity contribution is -0.123. The third kappa shape index (κ3) is 4.66. The second-order valence-electron chi connectivity index (χ2n) is 7.29. The van der Waals surface area contributed by atoms with E-state index in [0.717, 1.165) is 24.3 Å². The number of morpholine rings is 1. The molecule has 1 aliphatic heterocycles. The number of hydrogen-bond donors (Lipinski definition) is 1. The molecule has 9 heteroatoms. The zero-order chi connectivity index (χ0) is 21.8. The number of rotatable bonds is 6. The van der Waals surface area contributed by atoms with Gasteiger partial charge in [-0.15, -0.1) is 5.10 Å². The topological polar surface area (TPSA) is 98.6 Å².